The molecule has 1 aliphatic heterocycles. The molecule has 0 spiro atoms. The van der Waals surface area contributed by atoms with Crippen LogP contribution in [0.25, 0.3) is 0 Å². The van der Waals surface area contributed by atoms with Crippen LogP contribution in [0.5, 0.6) is 0 Å². The van der Waals surface area contributed by atoms with Crippen molar-refractivity contribution in [3.63, 3.8) is 0 Å². The molecule has 2 nitrogen and oxygen atoms in total. The molecule has 2 atom stereocenters. The molecule has 1 saturated heterocycles. The number of hydrogen-bond acceptors (Lipinski definition) is 3. The van der Waals surface area contributed by atoms with E-state index in [1.54, 1.807) is 0 Å². The molecule has 0 amide bonds. The van der Waals surface area contributed by atoms with Crippen molar-refractivity contribution in [1.29, 1.82) is 0 Å². The lowest BCUT2D eigenvalue weighted by molar-refractivity contribution is 0.264. The molecule has 0 bridgehead atoms. The molecule has 78 valence electrons. The third kappa shape index (κ3) is 4.34. The molecular formula is C10H22N2S. The van der Waals surface area contributed by atoms with E-state index < -0.39 is 0 Å². The highest BCUT2D eigenvalue weighted by molar-refractivity contribution is 7.99. The van der Waals surface area contributed by atoms with Crippen LogP contribution in [0, 0.1) is 5.92 Å². The van der Waals surface area contributed by atoms with E-state index in [2.05, 4.69) is 31.1 Å². The molecule has 1 rings (SSSR count). The van der Waals surface area contributed by atoms with Crippen molar-refractivity contribution in [2.45, 2.75) is 26.3 Å². The van der Waals surface area contributed by atoms with Crippen LogP contribution in [0.3, 0.4) is 0 Å². The second kappa shape index (κ2) is 5.89. The standard InChI is InChI=1S/C10H22N2S/c1-4-9(2)5-12(3)6-10-7-13-8-11-10/h9-11H,4-8H2,1-3H3. The second-order valence-electron chi connectivity index (χ2n) is 4.15. The average molecular weight is 202 g/mol. The van der Waals surface area contributed by atoms with Crippen molar-refractivity contribution in [3.05, 3.63) is 0 Å². The minimum Gasteiger partial charge on any atom is -0.305 e. The fourth-order valence-electron chi connectivity index (χ4n) is 1.67. The summed E-state index contributed by atoms with van der Waals surface area (Å²) in [6, 6.07) is 0.721. The van der Waals surface area contributed by atoms with Gasteiger partial charge in [-0.25, -0.2) is 0 Å². The van der Waals surface area contributed by atoms with Crippen LogP contribution in [-0.4, -0.2) is 42.7 Å². The quantitative estimate of drug-likeness (QED) is 0.729. The van der Waals surface area contributed by atoms with Crippen molar-refractivity contribution < 1.29 is 0 Å². The van der Waals surface area contributed by atoms with Gasteiger partial charge in [0.2, 0.25) is 0 Å². The molecule has 0 saturated carbocycles. The first-order valence-electron chi connectivity index (χ1n) is 5.22. The molecule has 0 aromatic heterocycles. The van der Waals surface area contributed by atoms with Gasteiger partial charge in [-0.1, -0.05) is 20.3 Å². The van der Waals surface area contributed by atoms with Gasteiger partial charge in [0, 0.05) is 30.8 Å². The Hall–Kier alpha value is 0.270. The molecule has 13 heavy (non-hydrogen) atoms. The summed E-state index contributed by atoms with van der Waals surface area (Å²) in [5.41, 5.74) is 0. The first-order valence-corrected chi connectivity index (χ1v) is 6.37. The molecule has 0 aromatic carbocycles. The van der Waals surface area contributed by atoms with Gasteiger partial charge < -0.3 is 10.2 Å². The van der Waals surface area contributed by atoms with Gasteiger partial charge >= 0.3 is 0 Å². The fraction of sp³-hybridized carbons (Fsp3) is 1.00. The Labute approximate surface area is 86.5 Å². The number of thioether (sulfide) groups is 1. The van der Waals surface area contributed by atoms with E-state index in [-0.39, 0.29) is 0 Å². The zero-order valence-electron chi connectivity index (χ0n) is 9.05. The first kappa shape index (κ1) is 11.3. The van der Waals surface area contributed by atoms with E-state index in [1.807, 2.05) is 11.8 Å². The molecule has 1 heterocycles. The van der Waals surface area contributed by atoms with Crippen molar-refractivity contribution >= 4 is 11.8 Å². The van der Waals surface area contributed by atoms with E-state index in [1.165, 1.54) is 25.3 Å². The zero-order valence-corrected chi connectivity index (χ0v) is 9.86. The smallest absolute Gasteiger partial charge is 0.0421 e. The van der Waals surface area contributed by atoms with Gasteiger partial charge in [-0.3, -0.25) is 0 Å². The summed E-state index contributed by atoms with van der Waals surface area (Å²) in [7, 11) is 2.23. The van der Waals surface area contributed by atoms with Crippen molar-refractivity contribution in [3.8, 4) is 0 Å². The van der Waals surface area contributed by atoms with Gasteiger partial charge in [-0.15, -0.1) is 11.8 Å². The summed E-state index contributed by atoms with van der Waals surface area (Å²) in [4.78, 5) is 2.46. The molecular weight excluding hydrogens is 180 g/mol. The number of rotatable bonds is 5. The summed E-state index contributed by atoms with van der Waals surface area (Å²) in [6.07, 6.45) is 1.29. The van der Waals surface area contributed by atoms with Gasteiger partial charge in [-0.05, 0) is 13.0 Å². The van der Waals surface area contributed by atoms with Gasteiger partial charge in [0.05, 0.1) is 0 Å². The lowest BCUT2D eigenvalue weighted by Gasteiger charge is -2.23. The Bertz CT molecular complexity index is 135. The molecule has 2 unspecified atom stereocenters. The maximum absolute atomic E-state index is 3.50. The summed E-state index contributed by atoms with van der Waals surface area (Å²) in [6.45, 7) is 7.03. The highest BCUT2D eigenvalue weighted by atomic mass is 32.2. The third-order valence-electron chi connectivity index (χ3n) is 2.65. The molecule has 0 radical (unpaired) electrons. The summed E-state index contributed by atoms with van der Waals surface area (Å²) >= 11 is 2.01. The predicted octanol–water partition coefficient (Wildman–Crippen LogP) is 1.63. The van der Waals surface area contributed by atoms with Crippen LogP contribution in [0.4, 0.5) is 0 Å². The average Bonchev–Trinajstić information content (AvgIpc) is 2.56. The van der Waals surface area contributed by atoms with Crippen LogP contribution >= 0.6 is 11.8 Å². The second-order valence-corrected chi connectivity index (χ2v) is 5.18. The molecule has 0 aromatic rings. The van der Waals surface area contributed by atoms with Crippen molar-refractivity contribution in [2.24, 2.45) is 5.92 Å². The van der Waals surface area contributed by atoms with Crippen LogP contribution in [-0.2, 0) is 0 Å². The van der Waals surface area contributed by atoms with Gasteiger partial charge in [0.25, 0.3) is 0 Å². The van der Waals surface area contributed by atoms with E-state index in [0.29, 0.717) is 0 Å². The summed E-state index contributed by atoms with van der Waals surface area (Å²) < 4.78 is 0. The number of nitrogens with zero attached hydrogens (tertiary/aromatic N) is 1. The lowest BCUT2D eigenvalue weighted by Crippen LogP contribution is -2.38. The first-order chi connectivity index (χ1) is 6.22. The zero-order chi connectivity index (χ0) is 9.68. The van der Waals surface area contributed by atoms with Crippen LogP contribution in [0.2, 0.25) is 0 Å². The Morgan fingerprint density at radius 3 is 2.92 bits per heavy atom. The summed E-state index contributed by atoms with van der Waals surface area (Å²) in [5, 5.41) is 3.50. The maximum Gasteiger partial charge on any atom is 0.0421 e. The molecule has 1 N–H and O–H groups in total. The molecule has 1 fully saturated rings. The topological polar surface area (TPSA) is 15.3 Å². The highest BCUT2D eigenvalue weighted by Gasteiger charge is 2.16. The SMILES string of the molecule is CCC(C)CN(C)CC1CSCN1. The van der Waals surface area contributed by atoms with E-state index in [0.717, 1.165) is 17.8 Å². The third-order valence-corrected chi connectivity index (χ3v) is 3.65. The minimum absolute atomic E-state index is 0.721. The minimum atomic E-state index is 0.721. The van der Waals surface area contributed by atoms with E-state index in [4.69, 9.17) is 0 Å². The largest absolute Gasteiger partial charge is 0.305 e. The monoisotopic (exact) mass is 202 g/mol. The maximum atomic E-state index is 3.50. The van der Waals surface area contributed by atoms with Crippen LogP contribution in [0.1, 0.15) is 20.3 Å². The Balaban J connectivity index is 2.12. The van der Waals surface area contributed by atoms with Gasteiger partial charge in [0.15, 0.2) is 0 Å². The lowest BCUT2D eigenvalue weighted by atomic mass is 10.1. The number of hydrogen-bond donors (Lipinski definition) is 1. The van der Waals surface area contributed by atoms with Gasteiger partial charge in [0.1, 0.15) is 0 Å². The number of nitrogens with one attached hydrogen (secondary N) is 1. The van der Waals surface area contributed by atoms with Gasteiger partial charge in [-0.2, -0.15) is 0 Å². The van der Waals surface area contributed by atoms with Crippen LogP contribution < -0.4 is 5.32 Å². The Morgan fingerprint density at radius 2 is 2.38 bits per heavy atom. The van der Waals surface area contributed by atoms with Crippen molar-refractivity contribution in [1.82, 2.24) is 10.2 Å². The van der Waals surface area contributed by atoms with E-state index >= 15 is 0 Å². The summed E-state index contributed by atoms with van der Waals surface area (Å²) in [5.74, 6) is 3.26. The molecule has 0 aliphatic carbocycles. The highest BCUT2D eigenvalue weighted by Crippen LogP contribution is 2.11. The van der Waals surface area contributed by atoms with Crippen LogP contribution in [0.15, 0.2) is 0 Å². The van der Waals surface area contributed by atoms with E-state index in [9.17, 15) is 0 Å². The molecule has 1 aliphatic rings. The Kier molecular flexibility index (Phi) is 5.14. The fourth-order valence-corrected chi connectivity index (χ4v) is 2.65. The number of likely N-dealkylation sites (N-methyl/N-ethyl adjacent to an activating group) is 1. The molecule has 3 heteroatoms. The van der Waals surface area contributed by atoms with Crippen molar-refractivity contribution in [2.75, 3.05) is 31.8 Å². The predicted molar refractivity (Wildman–Crippen MR) is 61.2 cm³/mol. The normalized spacial score (nSPS) is 25.4. The Morgan fingerprint density at radius 1 is 1.62 bits per heavy atom.